The number of rotatable bonds is 4. The molecule has 2 nitrogen and oxygen atoms in total. The summed E-state index contributed by atoms with van der Waals surface area (Å²) in [5.41, 5.74) is 0.240. The van der Waals surface area contributed by atoms with Crippen molar-refractivity contribution in [1.82, 2.24) is 4.98 Å². The first kappa shape index (κ1) is 13.0. The summed E-state index contributed by atoms with van der Waals surface area (Å²) in [5.74, 6) is 1.64. The van der Waals surface area contributed by atoms with Gasteiger partial charge in [0.2, 0.25) is 0 Å². The highest BCUT2D eigenvalue weighted by Gasteiger charge is 2.31. The number of thiol groups is 1. The van der Waals surface area contributed by atoms with Crippen LogP contribution in [0, 0.1) is 5.41 Å². The molecule has 4 heteroatoms. The number of pyridine rings is 1. The first-order chi connectivity index (χ1) is 8.24. The van der Waals surface area contributed by atoms with Crippen LogP contribution in [0.25, 0.3) is 0 Å². The number of halogens is 1. The summed E-state index contributed by atoms with van der Waals surface area (Å²) in [5, 5.41) is 0.617. The molecule has 17 heavy (non-hydrogen) atoms. The maximum Gasteiger partial charge on any atom is 0.139 e. The predicted molar refractivity (Wildman–Crippen MR) is 74.1 cm³/mol. The van der Waals surface area contributed by atoms with Gasteiger partial charge < -0.3 is 4.74 Å². The molecule has 0 spiro atoms. The Kier molecular flexibility index (Phi) is 4.57. The largest absolute Gasteiger partial charge is 0.491 e. The molecule has 2 rings (SSSR count). The van der Waals surface area contributed by atoms with E-state index in [-0.39, 0.29) is 5.41 Å². The Hall–Kier alpha value is -0.410. The van der Waals surface area contributed by atoms with Crippen LogP contribution >= 0.6 is 24.2 Å². The molecule has 94 valence electrons. The fraction of sp³-hybridized carbons (Fsp3) is 0.615. The van der Waals surface area contributed by atoms with Gasteiger partial charge in [0.25, 0.3) is 0 Å². The van der Waals surface area contributed by atoms with Gasteiger partial charge in [0.15, 0.2) is 0 Å². The smallest absolute Gasteiger partial charge is 0.139 e. The third kappa shape index (κ3) is 3.52. The van der Waals surface area contributed by atoms with Gasteiger partial charge in [-0.05, 0) is 18.6 Å². The van der Waals surface area contributed by atoms with E-state index in [0.717, 1.165) is 18.1 Å². The molecule has 0 unspecified atom stereocenters. The van der Waals surface area contributed by atoms with Gasteiger partial charge >= 0.3 is 0 Å². The number of nitrogens with zero attached hydrogens (tertiary/aromatic N) is 1. The van der Waals surface area contributed by atoms with Crippen LogP contribution in [0.1, 0.15) is 32.1 Å². The zero-order valence-corrected chi connectivity index (χ0v) is 11.5. The molecule has 1 saturated carbocycles. The molecule has 1 aliphatic carbocycles. The zero-order valence-electron chi connectivity index (χ0n) is 9.86. The minimum atomic E-state index is 0.240. The van der Waals surface area contributed by atoms with E-state index in [4.69, 9.17) is 16.3 Å². The third-order valence-corrected chi connectivity index (χ3v) is 4.35. The van der Waals surface area contributed by atoms with E-state index in [9.17, 15) is 0 Å². The summed E-state index contributed by atoms with van der Waals surface area (Å²) in [6.07, 6.45) is 9.67. The third-order valence-electron chi connectivity index (χ3n) is 3.47. The maximum atomic E-state index is 5.88. The zero-order chi connectivity index (χ0) is 12.1. The number of ether oxygens (including phenoxy) is 1. The molecule has 0 bridgehead atoms. The fourth-order valence-electron chi connectivity index (χ4n) is 2.36. The summed E-state index contributed by atoms with van der Waals surface area (Å²) in [6.45, 7) is 0.721. The van der Waals surface area contributed by atoms with Crippen LogP contribution in [-0.2, 0) is 0 Å². The van der Waals surface area contributed by atoms with E-state index in [1.165, 1.54) is 32.1 Å². The lowest BCUT2D eigenvalue weighted by Gasteiger charge is -2.35. The number of aromatic nitrogens is 1. The van der Waals surface area contributed by atoms with Crippen LogP contribution in [0.2, 0.25) is 5.02 Å². The Labute approximate surface area is 113 Å². The van der Waals surface area contributed by atoms with Gasteiger partial charge in [-0.3, -0.25) is 4.98 Å². The van der Waals surface area contributed by atoms with Gasteiger partial charge in [-0.15, -0.1) is 0 Å². The monoisotopic (exact) mass is 271 g/mol. The molecule has 0 amide bonds. The molecule has 0 aromatic carbocycles. The van der Waals surface area contributed by atoms with E-state index in [0.29, 0.717) is 5.02 Å². The van der Waals surface area contributed by atoms with E-state index < -0.39 is 0 Å². The van der Waals surface area contributed by atoms with Gasteiger partial charge in [-0.1, -0.05) is 30.9 Å². The van der Waals surface area contributed by atoms with Crippen LogP contribution in [0.5, 0.6) is 5.75 Å². The van der Waals surface area contributed by atoms with Crippen molar-refractivity contribution in [2.24, 2.45) is 5.41 Å². The Morgan fingerprint density at radius 2 is 2.06 bits per heavy atom. The normalized spacial score (nSPS) is 18.9. The molecular formula is C13H18ClNOS. The van der Waals surface area contributed by atoms with Crippen molar-refractivity contribution in [1.29, 1.82) is 0 Å². The van der Waals surface area contributed by atoms with E-state index >= 15 is 0 Å². The lowest BCUT2D eigenvalue weighted by atomic mass is 9.76. The maximum absolute atomic E-state index is 5.88. The molecule has 1 aliphatic rings. The van der Waals surface area contributed by atoms with Crippen molar-refractivity contribution in [3.05, 3.63) is 23.5 Å². The predicted octanol–water partition coefficient (Wildman–Crippen LogP) is 3.99. The van der Waals surface area contributed by atoms with Crippen LogP contribution in [-0.4, -0.2) is 17.3 Å². The highest BCUT2D eigenvalue weighted by atomic mass is 35.5. The van der Waals surface area contributed by atoms with E-state index in [2.05, 4.69) is 17.6 Å². The standard InChI is InChI=1S/C13H18ClNOS/c14-11-6-12(8-15-7-11)16-9-13(10-17)4-2-1-3-5-13/h6-8,17H,1-5,9-10H2. The first-order valence-corrected chi connectivity index (χ1v) is 7.09. The first-order valence-electron chi connectivity index (χ1n) is 6.08. The lowest BCUT2D eigenvalue weighted by molar-refractivity contribution is 0.121. The minimum Gasteiger partial charge on any atom is -0.491 e. The molecule has 0 saturated heterocycles. The average Bonchev–Trinajstić information content (AvgIpc) is 2.38. The fourth-order valence-corrected chi connectivity index (χ4v) is 2.93. The minimum absolute atomic E-state index is 0.240. The number of hydrogen-bond donors (Lipinski definition) is 1. The van der Waals surface area contributed by atoms with E-state index in [1.54, 1.807) is 12.4 Å². The Bertz CT molecular complexity index is 366. The molecular weight excluding hydrogens is 254 g/mol. The highest BCUT2D eigenvalue weighted by molar-refractivity contribution is 7.80. The summed E-state index contributed by atoms with van der Waals surface area (Å²) in [7, 11) is 0. The molecule has 0 atom stereocenters. The van der Waals surface area contributed by atoms with Crippen molar-refractivity contribution < 1.29 is 4.74 Å². The Morgan fingerprint density at radius 3 is 2.71 bits per heavy atom. The van der Waals surface area contributed by atoms with Crippen molar-refractivity contribution in [3.8, 4) is 5.75 Å². The summed E-state index contributed by atoms with van der Waals surface area (Å²) in [4.78, 5) is 4.02. The van der Waals surface area contributed by atoms with Crippen molar-refractivity contribution in [2.75, 3.05) is 12.4 Å². The van der Waals surface area contributed by atoms with Gasteiger partial charge in [0, 0.05) is 17.7 Å². The van der Waals surface area contributed by atoms with Crippen molar-refractivity contribution >= 4 is 24.2 Å². The molecule has 1 fully saturated rings. The molecule has 1 aromatic heterocycles. The van der Waals surface area contributed by atoms with Gasteiger partial charge in [-0.2, -0.15) is 12.6 Å². The average molecular weight is 272 g/mol. The van der Waals surface area contributed by atoms with E-state index in [1.807, 2.05) is 6.07 Å². The second-order valence-corrected chi connectivity index (χ2v) is 5.60. The van der Waals surface area contributed by atoms with Crippen LogP contribution in [0.4, 0.5) is 0 Å². The molecule has 0 aliphatic heterocycles. The number of hydrogen-bond acceptors (Lipinski definition) is 3. The second-order valence-electron chi connectivity index (χ2n) is 4.85. The SMILES string of the molecule is SCC1(COc2cncc(Cl)c2)CCCCC1. The second kappa shape index (κ2) is 5.96. The molecule has 0 N–H and O–H groups in total. The van der Waals surface area contributed by atoms with Gasteiger partial charge in [0.05, 0.1) is 17.8 Å². The van der Waals surface area contributed by atoms with Crippen molar-refractivity contribution in [2.45, 2.75) is 32.1 Å². The quantitative estimate of drug-likeness (QED) is 0.837. The van der Waals surface area contributed by atoms with Gasteiger partial charge in [-0.25, -0.2) is 0 Å². The molecule has 0 radical (unpaired) electrons. The Morgan fingerprint density at radius 1 is 1.29 bits per heavy atom. The molecule has 1 aromatic rings. The Balaban J connectivity index is 1.95. The summed E-state index contributed by atoms with van der Waals surface area (Å²) in [6, 6.07) is 1.81. The van der Waals surface area contributed by atoms with Crippen LogP contribution < -0.4 is 4.74 Å². The van der Waals surface area contributed by atoms with Crippen LogP contribution in [0.15, 0.2) is 18.5 Å². The van der Waals surface area contributed by atoms with Crippen molar-refractivity contribution in [3.63, 3.8) is 0 Å². The topological polar surface area (TPSA) is 22.1 Å². The molecule has 1 heterocycles. The van der Waals surface area contributed by atoms with Gasteiger partial charge in [0.1, 0.15) is 5.75 Å². The lowest BCUT2D eigenvalue weighted by Crippen LogP contribution is -2.32. The highest BCUT2D eigenvalue weighted by Crippen LogP contribution is 2.37. The summed E-state index contributed by atoms with van der Waals surface area (Å²) >= 11 is 10.4. The van der Waals surface area contributed by atoms with Crippen LogP contribution in [0.3, 0.4) is 0 Å². The summed E-state index contributed by atoms with van der Waals surface area (Å²) < 4.78 is 5.82.